The van der Waals surface area contributed by atoms with Gasteiger partial charge in [-0.05, 0) is 54.3 Å². The molecule has 0 radical (unpaired) electrons. The molecule has 0 aliphatic heterocycles. The molecule has 0 saturated heterocycles. The molecule has 0 spiro atoms. The first-order valence-corrected chi connectivity index (χ1v) is 11.1. The molecular formula is C26H26O3S. The van der Waals surface area contributed by atoms with Crippen LogP contribution in [0.3, 0.4) is 0 Å². The van der Waals surface area contributed by atoms with Gasteiger partial charge in [0, 0.05) is 10.1 Å². The first-order valence-electron chi connectivity index (χ1n) is 10.2. The summed E-state index contributed by atoms with van der Waals surface area (Å²) >= 11 is 1.60. The summed E-state index contributed by atoms with van der Waals surface area (Å²) in [6.07, 6.45) is 0.168. The Morgan fingerprint density at radius 3 is 2.23 bits per heavy atom. The van der Waals surface area contributed by atoms with Gasteiger partial charge >= 0.3 is 0 Å². The van der Waals surface area contributed by atoms with Crippen LogP contribution in [0.25, 0.3) is 10.1 Å². The summed E-state index contributed by atoms with van der Waals surface area (Å²) in [5, 5.41) is 11.8. The molecule has 4 aromatic rings. The summed E-state index contributed by atoms with van der Waals surface area (Å²) in [5.74, 6) is 2.67. The predicted octanol–water partition coefficient (Wildman–Crippen LogP) is 7.35. The van der Waals surface area contributed by atoms with E-state index in [0.29, 0.717) is 18.9 Å². The highest BCUT2D eigenvalue weighted by Crippen LogP contribution is 2.44. The highest BCUT2D eigenvalue weighted by Gasteiger charge is 2.21. The van der Waals surface area contributed by atoms with Crippen molar-refractivity contribution in [2.75, 3.05) is 0 Å². The van der Waals surface area contributed by atoms with Crippen LogP contribution in [0.1, 0.15) is 36.8 Å². The smallest absolute Gasteiger partial charge is 0.151 e. The maximum atomic E-state index is 10.8. The number of benzene rings is 3. The number of aliphatic hydroxyl groups excluding tert-OH is 1. The Bertz CT molecular complexity index is 1080. The molecule has 30 heavy (non-hydrogen) atoms. The minimum absolute atomic E-state index is 0.402. The van der Waals surface area contributed by atoms with Crippen molar-refractivity contribution in [3.05, 3.63) is 89.3 Å². The monoisotopic (exact) mass is 418 g/mol. The minimum Gasteiger partial charge on any atom is -0.489 e. The van der Waals surface area contributed by atoms with Crippen molar-refractivity contribution in [1.82, 2.24) is 0 Å². The van der Waals surface area contributed by atoms with Crippen molar-refractivity contribution in [3.8, 4) is 17.2 Å². The summed E-state index contributed by atoms with van der Waals surface area (Å²) in [6, 6.07) is 25.9. The van der Waals surface area contributed by atoms with E-state index in [0.717, 1.165) is 37.8 Å². The molecule has 0 bridgehead atoms. The maximum absolute atomic E-state index is 10.8. The number of hydrogen-bond donors (Lipinski definition) is 1. The van der Waals surface area contributed by atoms with E-state index in [9.17, 15) is 5.11 Å². The molecule has 3 aromatic carbocycles. The fourth-order valence-corrected chi connectivity index (χ4v) is 4.51. The van der Waals surface area contributed by atoms with Crippen LogP contribution in [-0.2, 0) is 6.61 Å². The summed E-state index contributed by atoms with van der Waals surface area (Å²) in [5.41, 5.74) is 1.13. The largest absolute Gasteiger partial charge is 0.489 e. The van der Waals surface area contributed by atoms with E-state index in [1.165, 1.54) is 0 Å². The zero-order valence-corrected chi connectivity index (χ0v) is 18.1. The van der Waals surface area contributed by atoms with Crippen LogP contribution in [0.4, 0.5) is 0 Å². The number of ether oxygens (including phenoxy) is 2. The molecule has 0 fully saturated rings. The third-order valence-electron chi connectivity index (χ3n) is 4.86. The molecule has 1 atom stereocenters. The molecule has 0 amide bonds. The molecule has 1 N–H and O–H groups in total. The van der Waals surface area contributed by atoms with Gasteiger partial charge < -0.3 is 14.6 Å². The van der Waals surface area contributed by atoms with Crippen LogP contribution in [0.2, 0.25) is 0 Å². The second-order valence-electron chi connectivity index (χ2n) is 7.78. The van der Waals surface area contributed by atoms with Crippen molar-refractivity contribution in [3.63, 3.8) is 0 Å². The molecule has 154 valence electrons. The van der Waals surface area contributed by atoms with E-state index in [-0.39, 0.29) is 0 Å². The van der Waals surface area contributed by atoms with Crippen LogP contribution in [-0.4, -0.2) is 5.11 Å². The molecule has 1 aromatic heterocycles. The molecule has 1 heterocycles. The Kier molecular flexibility index (Phi) is 6.36. The lowest BCUT2D eigenvalue weighted by atomic mass is 10.0. The minimum atomic E-state index is -0.536. The van der Waals surface area contributed by atoms with Gasteiger partial charge in [0.25, 0.3) is 0 Å². The Morgan fingerprint density at radius 2 is 1.50 bits per heavy atom. The summed E-state index contributed by atoms with van der Waals surface area (Å²) in [4.78, 5) is 0.884. The number of aliphatic hydroxyl groups is 1. The van der Waals surface area contributed by atoms with E-state index in [1.54, 1.807) is 11.3 Å². The van der Waals surface area contributed by atoms with Crippen LogP contribution >= 0.6 is 11.3 Å². The van der Waals surface area contributed by atoms with E-state index >= 15 is 0 Å². The van der Waals surface area contributed by atoms with Gasteiger partial charge in [-0.3, -0.25) is 0 Å². The maximum Gasteiger partial charge on any atom is 0.151 e. The van der Waals surface area contributed by atoms with Crippen molar-refractivity contribution in [2.45, 2.75) is 33.0 Å². The normalized spacial score (nSPS) is 12.3. The molecule has 0 aliphatic rings. The fraction of sp³-hybridized carbons (Fsp3) is 0.231. The Hall–Kier alpha value is -2.82. The lowest BCUT2D eigenvalue weighted by Crippen LogP contribution is -2.01. The van der Waals surface area contributed by atoms with Gasteiger partial charge in [0.1, 0.15) is 18.1 Å². The number of rotatable bonds is 8. The Morgan fingerprint density at radius 1 is 0.833 bits per heavy atom. The zero-order chi connectivity index (χ0) is 20.9. The molecule has 4 rings (SSSR count). The van der Waals surface area contributed by atoms with Crippen molar-refractivity contribution >= 4 is 21.4 Å². The average molecular weight is 419 g/mol. The highest BCUT2D eigenvalue weighted by atomic mass is 32.1. The van der Waals surface area contributed by atoms with Gasteiger partial charge in [0.15, 0.2) is 5.75 Å². The van der Waals surface area contributed by atoms with Crippen molar-refractivity contribution in [2.24, 2.45) is 5.92 Å². The van der Waals surface area contributed by atoms with Crippen LogP contribution in [0, 0.1) is 5.92 Å². The van der Waals surface area contributed by atoms with Crippen molar-refractivity contribution < 1.29 is 14.6 Å². The SMILES string of the molecule is CC(C)CC(O)c1sc2ccccc2c1Oc1ccc(OCc2ccccc2)cc1. The summed E-state index contributed by atoms with van der Waals surface area (Å²) in [7, 11) is 0. The van der Waals surface area contributed by atoms with Crippen LogP contribution in [0.15, 0.2) is 78.9 Å². The average Bonchev–Trinajstić information content (AvgIpc) is 3.12. The van der Waals surface area contributed by atoms with E-state index < -0.39 is 6.10 Å². The Balaban J connectivity index is 1.53. The third kappa shape index (κ3) is 4.84. The van der Waals surface area contributed by atoms with Gasteiger partial charge in [-0.25, -0.2) is 0 Å². The van der Waals surface area contributed by atoms with E-state index in [2.05, 4.69) is 19.9 Å². The molecule has 0 aliphatic carbocycles. The van der Waals surface area contributed by atoms with Gasteiger partial charge in [0.05, 0.1) is 11.0 Å². The standard InChI is InChI=1S/C26H26O3S/c1-18(2)16-23(27)26-25(22-10-6-7-11-24(22)30-26)29-21-14-12-20(13-15-21)28-17-19-8-4-3-5-9-19/h3-15,18,23,27H,16-17H2,1-2H3. The van der Waals surface area contributed by atoms with Crippen LogP contribution in [0.5, 0.6) is 17.2 Å². The second-order valence-corrected chi connectivity index (χ2v) is 8.87. The predicted molar refractivity (Wildman–Crippen MR) is 124 cm³/mol. The van der Waals surface area contributed by atoms with E-state index in [4.69, 9.17) is 9.47 Å². The molecule has 4 heteroatoms. The fourth-order valence-electron chi connectivity index (χ4n) is 3.38. The molecule has 3 nitrogen and oxygen atoms in total. The summed E-state index contributed by atoms with van der Waals surface area (Å²) in [6.45, 7) is 4.76. The first kappa shape index (κ1) is 20.5. The van der Waals surface area contributed by atoms with Gasteiger partial charge in [-0.1, -0.05) is 56.3 Å². The van der Waals surface area contributed by atoms with Gasteiger partial charge in [0.2, 0.25) is 0 Å². The second kappa shape index (κ2) is 9.33. The number of thiophene rings is 1. The first-order chi connectivity index (χ1) is 14.6. The highest BCUT2D eigenvalue weighted by molar-refractivity contribution is 7.19. The number of hydrogen-bond acceptors (Lipinski definition) is 4. The lowest BCUT2D eigenvalue weighted by molar-refractivity contribution is 0.152. The topological polar surface area (TPSA) is 38.7 Å². The van der Waals surface area contributed by atoms with Gasteiger partial charge in [-0.2, -0.15) is 0 Å². The quantitative estimate of drug-likeness (QED) is 0.325. The molecular weight excluding hydrogens is 392 g/mol. The zero-order valence-electron chi connectivity index (χ0n) is 17.2. The molecule has 0 saturated carbocycles. The third-order valence-corrected chi connectivity index (χ3v) is 6.12. The Labute approximate surface area is 181 Å². The van der Waals surface area contributed by atoms with Gasteiger partial charge in [-0.15, -0.1) is 11.3 Å². The summed E-state index contributed by atoms with van der Waals surface area (Å²) < 4.78 is 13.3. The lowest BCUT2D eigenvalue weighted by Gasteiger charge is -2.15. The molecule has 1 unspecified atom stereocenters. The van der Waals surface area contributed by atoms with Crippen LogP contribution < -0.4 is 9.47 Å². The van der Waals surface area contributed by atoms with Crippen molar-refractivity contribution in [1.29, 1.82) is 0 Å². The number of fused-ring (bicyclic) bond motifs is 1. The van der Waals surface area contributed by atoms with E-state index in [1.807, 2.05) is 72.8 Å².